The lowest BCUT2D eigenvalue weighted by molar-refractivity contribution is -0.128. The first-order valence-electron chi connectivity index (χ1n) is 9.78. The van der Waals surface area contributed by atoms with Gasteiger partial charge >= 0.3 is 0 Å². The Hall–Kier alpha value is -1.82. The van der Waals surface area contributed by atoms with Crippen LogP contribution in [0.4, 0.5) is 0 Å². The maximum Gasteiger partial charge on any atom is 0.277 e. The van der Waals surface area contributed by atoms with Crippen LogP contribution in [0.5, 0.6) is 0 Å². The number of hydrogen-bond donors (Lipinski definition) is 0. The van der Waals surface area contributed by atoms with Crippen molar-refractivity contribution in [2.75, 3.05) is 18.8 Å². The zero-order chi connectivity index (χ0) is 19.3. The Morgan fingerprint density at radius 1 is 1.04 bits per heavy atom. The summed E-state index contributed by atoms with van der Waals surface area (Å²) in [6.07, 6.45) is 5.94. The maximum atomic E-state index is 12.5. The Morgan fingerprint density at radius 2 is 1.67 bits per heavy atom. The molecule has 0 spiro atoms. The van der Waals surface area contributed by atoms with Crippen molar-refractivity contribution in [1.82, 2.24) is 15.1 Å². The normalized spacial score (nSPS) is 16.0. The quantitative estimate of drug-likeness (QED) is 0.697. The molecule has 0 bridgehead atoms. The highest BCUT2D eigenvalue weighted by atomic mass is 32.2. The third-order valence-corrected chi connectivity index (χ3v) is 5.74. The van der Waals surface area contributed by atoms with Crippen molar-refractivity contribution in [2.45, 2.75) is 63.5 Å². The molecule has 1 aromatic carbocycles. The van der Waals surface area contributed by atoms with Gasteiger partial charge in [0.05, 0.1) is 5.75 Å². The molecule has 5 nitrogen and oxygen atoms in total. The van der Waals surface area contributed by atoms with E-state index >= 15 is 0 Å². The van der Waals surface area contributed by atoms with Gasteiger partial charge in [-0.25, -0.2) is 0 Å². The fourth-order valence-corrected chi connectivity index (χ4v) is 3.88. The largest absolute Gasteiger partial charge is 0.411 e. The van der Waals surface area contributed by atoms with E-state index in [1.807, 2.05) is 17.0 Å². The van der Waals surface area contributed by atoms with Crippen LogP contribution in [0.1, 0.15) is 58.4 Å². The van der Waals surface area contributed by atoms with E-state index in [1.54, 1.807) is 0 Å². The molecule has 27 heavy (non-hydrogen) atoms. The molecule has 1 saturated heterocycles. The van der Waals surface area contributed by atoms with Gasteiger partial charge < -0.3 is 9.32 Å². The van der Waals surface area contributed by atoms with E-state index in [9.17, 15) is 4.79 Å². The molecule has 0 atom stereocenters. The van der Waals surface area contributed by atoms with Crippen molar-refractivity contribution in [3.8, 4) is 11.5 Å². The Balaban J connectivity index is 1.56. The van der Waals surface area contributed by atoms with E-state index in [0.717, 1.165) is 31.5 Å². The van der Waals surface area contributed by atoms with Crippen LogP contribution < -0.4 is 0 Å². The maximum absolute atomic E-state index is 12.5. The van der Waals surface area contributed by atoms with Gasteiger partial charge in [-0.15, -0.1) is 10.2 Å². The summed E-state index contributed by atoms with van der Waals surface area (Å²) in [5.41, 5.74) is 2.28. The summed E-state index contributed by atoms with van der Waals surface area (Å²) in [7, 11) is 0. The minimum atomic E-state index is 0.112. The molecule has 0 aliphatic carbocycles. The number of nitrogens with zero attached hydrogens (tertiary/aromatic N) is 3. The van der Waals surface area contributed by atoms with Gasteiger partial charge in [-0.1, -0.05) is 63.9 Å². The van der Waals surface area contributed by atoms with E-state index in [2.05, 4.69) is 43.1 Å². The van der Waals surface area contributed by atoms with E-state index in [1.165, 1.54) is 36.6 Å². The predicted octanol–water partition coefficient (Wildman–Crippen LogP) is 4.92. The van der Waals surface area contributed by atoms with Crippen LogP contribution in [-0.2, 0) is 10.2 Å². The monoisotopic (exact) mass is 387 g/mol. The van der Waals surface area contributed by atoms with Crippen LogP contribution in [0.2, 0.25) is 0 Å². The number of benzene rings is 1. The van der Waals surface area contributed by atoms with E-state index in [4.69, 9.17) is 4.42 Å². The lowest BCUT2D eigenvalue weighted by atomic mass is 9.87. The Labute approximate surface area is 165 Å². The third-order valence-electron chi connectivity index (χ3n) is 4.93. The fraction of sp³-hybridized carbons (Fsp3) is 0.571. The van der Waals surface area contributed by atoms with Crippen LogP contribution in [0.15, 0.2) is 33.9 Å². The third kappa shape index (κ3) is 5.58. The molecule has 1 aliphatic heterocycles. The summed E-state index contributed by atoms with van der Waals surface area (Å²) in [5, 5.41) is 8.67. The lowest BCUT2D eigenvalue weighted by Gasteiger charge is -2.24. The summed E-state index contributed by atoms with van der Waals surface area (Å²) >= 11 is 1.33. The number of carbonyl (C=O) groups excluding carboxylic acids is 1. The molecular formula is C21H29N3O2S. The molecule has 146 valence electrons. The molecular weight excluding hydrogens is 358 g/mol. The van der Waals surface area contributed by atoms with Gasteiger partial charge in [0.1, 0.15) is 0 Å². The van der Waals surface area contributed by atoms with E-state index in [0.29, 0.717) is 16.9 Å². The van der Waals surface area contributed by atoms with Crippen LogP contribution in [-0.4, -0.2) is 39.8 Å². The smallest absolute Gasteiger partial charge is 0.277 e. The minimum absolute atomic E-state index is 0.112. The van der Waals surface area contributed by atoms with Gasteiger partial charge in [-0.05, 0) is 36.0 Å². The number of carbonyl (C=O) groups is 1. The van der Waals surface area contributed by atoms with Gasteiger partial charge in [-0.3, -0.25) is 4.79 Å². The molecule has 6 heteroatoms. The zero-order valence-corrected chi connectivity index (χ0v) is 17.3. The highest BCUT2D eigenvalue weighted by molar-refractivity contribution is 7.99. The number of likely N-dealkylation sites (tertiary alicyclic amines) is 1. The Bertz CT molecular complexity index is 742. The predicted molar refractivity (Wildman–Crippen MR) is 109 cm³/mol. The molecule has 0 radical (unpaired) electrons. The molecule has 2 aromatic rings. The topological polar surface area (TPSA) is 59.2 Å². The first kappa shape index (κ1) is 19.9. The molecule has 2 heterocycles. The average Bonchev–Trinajstić information content (AvgIpc) is 3.08. The van der Waals surface area contributed by atoms with Crippen LogP contribution >= 0.6 is 11.8 Å². The number of hydrogen-bond acceptors (Lipinski definition) is 5. The van der Waals surface area contributed by atoms with Crippen LogP contribution in [0, 0.1) is 0 Å². The first-order valence-corrected chi connectivity index (χ1v) is 10.8. The molecule has 1 aromatic heterocycles. The molecule has 1 fully saturated rings. The van der Waals surface area contributed by atoms with Crippen molar-refractivity contribution in [3.63, 3.8) is 0 Å². The van der Waals surface area contributed by atoms with Gasteiger partial charge in [0.2, 0.25) is 11.8 Å². The fourth-order valence-electron chi connectivity index (χ4n) is 3.21. The minimum Gasteiger partial charge on any atom is -0.411 e. The molecule has 1 amide bonds. The molecule has 0 unspecified atom stereocenters. The van der Waals surface area contributed by atoms with Crippen molar-refractivity contribution < 1.29 is 9.21 Å². The van der Waals surface area contributed by atoms with Gasteiger partial charge in [0, 0.05) is 18.7 Å². The van der Waals surface area contributed by atoms with Crippen LogP contribution in [0.25, 0.3) is 11.5 Å². The second kappa shape index (κ2) is 8.91. The van der Waals surface area contributed by atoms with Crippen molar-refractivity contribution >= 4 is 17.7 Å². The van der Waals surface area contributed by atoms with Crippen LogP contribution in [0.3, 0.4) is 0 Å². The SMILES string of the molecule is CC(C)(C)c1ccc(-c2nnc(SCC(=O)N3CCCCCCC3)o2)cc1. The molecule has 0 saturated carbocycles. The average molecular weight is 388 g/mol. The van der Waals surface area contributed by atoms with E-state index < -0.39 is 0 Å². The summed E-state index contributed by atoms with van der Waals surface area (Å²) in [6.45, 7) is 8.30. The summed E-state index contributed by atoms with van der Waals surface area (Å²) < 4.78 is 5.75. The van der Waals surface area contributed by atoms with Crippen molar-refractivity contribution in [3.05, 3.63) is 29.8 Å². The Morgan fingerprint density at radius 3 is 2.30 bits per heavy atom. The summed E-state index contributed by atoms with van der Waals surface area (Å²) in [4.78, 5) is 14.4. The lowest BCUT2D eigenvalue weighted by Crippen LogP contribution is -2.35. The number of aromatic nitrogens is 2. The highest BCUT2D eigenvalue weighted by Crippen LogP contribution is 2.27. The second-order valence-corrected chi connectivity index (χ2v) is 9.06. The van der Waals surface area contributed by atoms with Gasteiger partial charge in [-0.2, -0.15) is 0 Å². The molecule has 3 rings (SSSR count). The van der Waals surface area contributed by atoms with Crippen molar-refractivity contribution in [1.29, 1.82) is 0 Å². The zero-order valence-electron chi connectivity index (χ0n) is 16.5. The second-order valence-electron chi connectivity index (χ2n) is 8.14. The number of thioether (sulfide) groups is 1. The Kier molecular flexibility index (Phi) is 6.58. The highest BCUT2D eigenvalue weighted by Gasteiger charge is 2.18. The van der Waals surface area contributed by atoms with Crippen molar-refractivity contribution in [2.24, 2.45) is 0 Å². The summed E-state index contributed by atoms with van der Waals surface area (Å²) in [6, 6.07) is 8.21. The summed E-state index contributed by atoms with van der Waals surface area (Å²) in [5.74, 6) is 1.01. The molecule has 0 N–H and O–H groups in total. The molecule has 1 aliphatic rings. The number of rotatable bonds is 4. The van der Waals surface area contributed by atoms with Gasteiger partial charge in [0.25, 0.3) is 5.22 Å². The number of amides is 1. The van der Waals surface area contributed by atoms with E-state index in [-0.39, 0.29) is 11.3 Å². The first-order chi connectivity index (χ1) is 12.9. The standard InChI is InChI=1S/C21H29N3O2S/c1-21(2,3)17-11-9-16(10-12-17)19-22-23-20(26-19)27-15-18(25)24-13-7-5-4-6-8-14-24/h9-12H,4-8,13-15H2,1-3H3. The van der Waals surface area contributed by atoms with Gasteiger partial charge in [0.15, 0.2) is 0 Å².